The van der Waals surface area contributed by atoms with Crippen molar-refractivity contribution in [1.82, 2.24) is 47.6 Å². The summed E-state index contributed by atoms with van der Waals surface area (Å²) >= 11 is 0. The first kappa shape index (κ1) is 48.0. The van der Waals surface area contributed by atoms with Crippen molar-refractivity contribution in [3.05, 3.63) is 71.3 Å². The van der Waals surface area contributed by atoms with Crippen molar-refractivity contribution >= 4 is 47.2 Å². The number of carbonyl (C=O) groups is 7. The van der Waals surface area contributed by atoms with Gasteiger partial charge in [0.25, 0.3) is 5.91 Å². The summed E-state index contributed by atoms with van der Waals surface area (Å²) in [7, 11) is 0. The van der Waals surface area contributed by atoms with Gasteiger partial charge < -0.3 is 35.8 Å². The van der Waals surface area contributed by atoms with Gasteiger partial charge in [0.2, 0.25) is 29.4 Å². The van der Waals surface area contributed by atoms with Crippen molar-refractivity contribution in [2.75, 3.05) is 13.1 Å². The summed E-state index contributed by atoms with van der Waals surface area (Å²) in [4.78, 5) is 99.2. The molecule has 18 heteroatoms. The quantitative estimate of drug-likeness (QED) is 0.0756. The number of benzene rings is 2. The number of hydrogen-bond donors (Lipinski definition) is 7. The second kappa shape index (κ2) is 22.9. The lowest BCUT2D eigenvalue weighted by atomic mass is 9.98. The summed E-state index contributed by atoms with van der Waals surface area (Å²) in [6.45, 7) is 11.3. The van der Waals surface area contributed by atoms with E-state index in [-0.39, 0.29) is 37.6 Å². The summed E-state index contributed by atoms with van der Waals surface area (Å²) in [5.74, 6) is -3.95. The van der Waals surface area contributed by atoms with Gasteiger partial charge in [-0.2, -0.15) is 0 Å². The van der Waals surface area contributed by atoms with Crippen LogP contribution in [0.15, 0.2) is 59.7 Å². The van der Waals surface area contributed by atoms with E-state index in [4.69, 9.17) is 4.74 Å². The molecule has 3 aliphatic heterocycles. The van der Waals surface area contributed by atoms with Crippen LogP contribution < -0.4 is 37.8 Å². The number of hydrazine groups is 2. The highest BCUT2D eigenvalue weighted by atomic mass is 16.6. The Morgan fingerprint density at radius 3 is 2.21 bits per heavy atom. The maximum atomic E-state index is 14.7. The monoisotopic (exact) mass is 872 g/mol. The number of likely N-dealkylation sites (tertiary alicyclic amines) is 1. The van der Waals surface area contributed by atoms with E-state index >= 15 is 0 Å². The number of nitrogens with one attached hydrogen (secondary N) is 7. The van der Waals surface area contributed by atoms with Crippen LogP contribution in [0, 0.1) is 11.8 Å². The van der Waals surface area contributed by atoms with Gasteiger partial charge in [0.15, 0.2) is 0 Å². The van der Waals surface area contributed by atoms with E-state index < -0.39 is 77.7 Å². The van der Waals surface area contributed by atoms with Crippen LogP contribution in [-0.4, -0.2) is 100 Å². The zero-order chi connectivity index (χ0) is 45.6. The van der Waals surface area contributed by atoms with E-state index in [0.29, 0.717) is 45.2 Å². The van der Waals surface area contributed by atoms with Crippen molar-refractivity contribution in [2.24, 2.45) is 16.9 Å². The van der Waals surface area contributed by atoms with Crippen molar-refractivity contribution in [3.63, 3.8) is 0 Å². The number of amides is 6. The molecule has 3 heterocycles. The highest BCUT2D eigenvalue weighted by Crippen LogP contribution is 2.26. The molecule has 0 spiro atoms. The standard InChI is InChI=1S/C45H64N10O8/c1-7-15-34(40(57)43(60)46-29(6)30-16-9-8-10-17-30)47-41(58)35-24-33(63-45(62)54-23-22-31-18-11-12-19-32(31)25-54)26-55(35)44(61)39(28(4)5)49-42(59)38(27(2)3)48-37(56)21-14-13-20-36-50-52-53-51-36/h8-12,16-19,27-29,33-35,38-39,52-53H,7,13-15,20-26H2,1-6H3,(H,46,60)(H,47,58)(H,48,56)(H,49,59)(H,50,51)/t29-,33+,34?,35-,38-,39-/m0/s1. The highest BCUT2D eigenvalue weighted by molar-refractivity contribution is 6.38. The molecule has 2 aromatic rings. The third-order valence-corrected chi connectivity index (χ3v) is 11.6. The molecule has 18 nitrogen and oxygen atoms in total. The first-order chi connectivity index (χ1) is 30.2. The maximum Gasteiger partial charge on any atom is 0.410 e. The fraction of sp³-hybridized carbons (Fsp3) is 0.556. The molecular weight excluding hydrogens is 809 g/mol. The number of Topliss-reactive ketones (excluding diaryl/α,β-unsaturated/α-hetero) is 1. The lowest BCUT2D eigenvalue weighted by Gasteiger charge is -2.32. The summed E-state index contributed by atoms with van der Waals surface area (Å²) in [6.07, 6.45) is 1.74. The second-order valence-corrected chi connectivity index (χ2v) is 17.2. The van der Waals surface area contributed by atoms with E-state index in [1.807, 2.05) is 61.5 Å². The zero-order valence-electron chi connectivity index (χ0n) is 37.2. The van der Waals surface area contributed by atoms with Gasteiger partial charge in [-0.25, -0.2) is 10.3 Å². The lowest BCUT2D eigenvalue weighted by Crippen LogP contribution is -2.59. The Labute approximate surface area is 369 Å². The molecule has 0 aliphatic carbocycles. The van der Waals surface area contributed by atoms with Crippen LogP contribution in [0.4, 0.5) is 4.79 Å². The minimum absolute atomic E-state index is 0.0854. The van der Waals surface area contributed by atoms with Crippen molar-refractivity contribution in [3.8, 4) is 0 Å². The predicted molar refractivity (Wildman–Crippen MR) is 235 cm³/mol. The van der Waals surface area contributed by atoms with Gasteiger partial charge in [0.05, 0.1) is 18.6 Å². The molecule has 1 unspecified atom stereocenters. The molecular formula is C45H64N10O8. The molecule has 2 aromatic carbocycles. The predicted octanol–water partition coefficient (Wildman–Crippen LogP) is 2.65. The highest BCUT2D eigenvalue weighted by Gasteiger charge is 2.46. The van der Waals surface area contributed by atoms with Crippen LogP contribution in [0.25, 0.3) is 0 Å². The van der Waals surface area contributed by atoms with Crippen LogP contribution >= 0.6 is 0 Å². The Morgan fingerprint density at radius 2 is 1.54 bits per heavy atom. The first-order valence-electron chi connectivity index (χ1n) is 22.1. The minimum atomic E-state index is -1.22. The number of fused-ring (bicyclic) bond motifs is 1. The average molecular weight is 873 g/mol. The molecule has 3 aliphatic rings. The fourth-order valence-corrected chi connectivity index (χ4v) is 7.96. The van der Waals surface area contributed by atoms with Crippen molar-refractivity contribution in [1.29, 1.82) is 0 Å². The summed E-state index contributed by atoms with van der Waals surface area (Å²) in [5.41, 5.74) is 11.1. The molecule has 0 radical (unpaired) electrons. The Kier molecular flexibility index (Phi) is 17.4. The normalized spacial score (nSPS) is 18.8. The number of rotatable bonds is 20. The van der Waals surface area contributed by atoms with Gasteiger partial charge in [-0.3, -0.25) is 34.2 Å². The van der Waals surface area contributed by atoms with Gasteiger partial charge >= 0.3 is 6.09 Å². The molecule has 1 fully saturated rings. The summed E-state index contributed by atoms with van der Waals surface area (Å²) < 4.78 is 5.99. The molecule has 7 N–H and O–H groups in total. The maximum absolute atomic E-state index is 14.7. The third-order valence-electron chi connectivity index (χ3n) is 11.6. The van der Waals surface area contributed by atoms with Gasteiger partial charge in [-0.05, 0) is 61.1 Å². The Morgan fingerprint density at radius 1 is 0.841 bits per heavy atom. The smallest absolute Gasteiger partial charge is 0.410 e. The number of unbranched alkanes of at least 4 members (excludes halogenated alkanes) is 1. The minimum Gasteiger partial charge on any atom is -0.444 e. The summed E-state index contributed by atoms with van der Waals surface area (Å²) in [6, 6.07) is 12.0. The first-order valence-corrected chi connectivity index (χ1v) is 22.1. The molecule has 6 amide bonds. The molecule has 0 aromatic heterocycles. The van der Waals surface area contributed by atoms with Gasteiger partial charge in [-0.1, -0.05) is 95.6 Å². The number of hydrogen-bond acceptors (Lipinski definition) is 12. The number of ketones is 1. The Balaban J connectivity index is 1.30. The number of ether oxygens (including phenoxy) is 1. The lowest BCUT2D eigenvalue weighted by molar-refractivity contribution is -0.144. The SMILES string of the molecule is CCCC(NC(=O)[C@@H]1C[C@@H](OC(=O)N2CCc3ccccc3C2)CN1C(=O)[C@@H](NC(=O)[C@@H](NC(=O)CCCCC1=NNNN1)C(C)C)C(C)C)C(=O)C(=O)N[C@@H](C)c1ccccc1. The van der Waals surface area contributed by atoms with E-state index in [2.05, 4.69) is 42.9 Å². The zero-order valence-corrected chi connectivity index (χ0v) is 37.2. The number of carbonyl (C=O) groups excluding carboxylic acids is 7. The fourth-order valence-electron chi connectivity index (χ4n) is 7.96. The third kappa shape index (κ3) is 13.2. The molecule has 1 saturated heterocycles. The van der Waals surface area contributed by atoms with Crippen molar-refractivity contribution < 1.29 is 38.3 Å². The van der Waals surface area contributed by atoms with E-state index in [9.17, 15) is 33.6 Å². The Hall–Kier alpha value is -6.04. The Bertz CT molecular complexity index is 1980. The van der Waals surface area contributed by atoms with Gasteiger partial charge in [0, 0.05) is 32.4 Å². The molecule has 5 rings (SSSR count). The van der Waals surface area contributed by atoms with E-state index in [1.165, 1.54) is 4.90 Å². The molecule has 0 bridgehead atoms. The second-order valence-electron chi connectivity index (χ2n) is 17.2. The summed E-state index contributed by atoms with van der Waals surface area (Å²) in [5, 5.41) is 15.2. The molecule has 0 saturated carbocycles. The molecule has 63 heavy (non-hydrogen) atoms. The van der Waals surface area contributed by atoms with Crippen molar-refractivity contribution in [2.45, 2.75) is 136 Å². The number of hydrazone groups is 1. The number of nitrogens with zero attached hydrogens (tertiary/aromatic N) is 3. The van der Waals surface area contributed by atoms with Gasteiger partial charge in [-0.15, -0.1) is 10.6 Å². The van der Waals surface area contributed by atoms with Crippen LogP contribution in [-0.2, 0) is 46.5 Å². The van der Waals surface area contributed by atoms with Crippen LogP contribution in [0.1, 0.15) is 109 Å². The topological polar surface area (TPSA) is 232 Å². The van der Waals surface area contributed by atoms with E-state index in [0.717, 1.165) is 22.5 Å². The molecule has 6 atom stereocenters. The van der Waals surface area contributed by atoms with Crippen LogP contribution in [0.3, 0.4) is 0 Å². The largest absolute Gasteiger partial charge is 0.444 e. The number of amidine groups is 1. The van der Waals surface area contributed by atoms with E-state index in [1.54, 1.807) is 39.5 Å². The van der Waals surface area contributed by atoms with Gasteiger partial charge in [0.1, 0.15) is 30.1 Å². The molecule has 342 valence electrons. The van der Waals surface area contributed by atoms with Crippen LogP contribution in [0.2, 0.25) is 0 Å². The average Bonchev–Trinajstić information content (AvgIpc) is 3.96. The van der Waals surface area contributed by atoms with Crippen LogP contribution in [0.5, 0.6) is 0 Å².